The Hall–Kier alpha value is -3.09. The van der Waals surface area contributed by atoms with Crippen LogP contribution in [0.5, 0.6) is 0 Å². The molecule has 2 amide bonds. The zero-order chi connectivity index (χ0) is 19.2. The molecule has 1 fully saturated rings. The van der Waals surface area contributed by atoms with Crippen LogP contribution in [-0.4, -0.2) is 40.5 Å². The number of pyridine rings is 2. The molecule has 0 saturated carbocycles. The average Bonchev–Trinajstić information content (AvgIpc) is 2.79. The molecule has 0 radical (unpaired) electrons. The van der Waals surface area contributed by atoms with Crippen LogP contribution in [-0.2, 0) is 0 Å². The summed E-state index contributed by atoms with van der Waals surface area (Å²) in [7, 11) is 0. The van der Waals surface area contributed by atoms with Crippen LogP contribution < -0.4 is 10.6 Å². The standard InChI is InChI=1S/C21H24N6O/c28-21-24-13-5-7-15-16(8-6-14-25-21)20(18-10-2-4-12-23-18)27-26-19(15)17-9-1-3-11-22-17/h1-4,9-12,15-16H,5-8,13-14H2,(H2,24,25,28). The molecule has 7 nitrogen and oxygen atoms in total. The Morgan fingerprint density at radius 3 is 1.68 bits per heavy atom. The molecule has 2 N–H and O–H groups in total. The Morgan fingerprint density at radius 2 is 1.25 bits per heavy atom. The van der Waals surface area contributed by atoms with E-state index in [1.807, 2.05) is 36.4 Å². The lowest BCUT2D eigenvalue weighted by Gasteiger charge is -2.31. The van der Waals surface area contributed by atoms with Gasteiger partial charge in [0.2, 0.25) is 0 Å². The first-order valence-electron chi connectivity index (χ1n) is 9.83. The Bertz CT molecular complexity index is 793. The second kappa shape index (κ2) is 8.73. The summed E-state index contributed by atoms with van der Waals surface area (Å²) in [5.74, 6) is 0.388. The third-order valence-corrected chi connectivity index (χ3v) is 5.26. The molecule has 1 saturated heterocycles. The first-order valence-corrected chi connectivity index (χ1v) is 9.83. The number of aromatic nitrogens is 2. The monoisotopic (exact) mass is 376 g/mol. The molecule has 0 aromatic carbocycles. The van der Waals surface area contributed by atoms with Crippen LogP contribution >= 0.6 is 0 Å². The van der Waals surface area contributed by atoms with Crippen LogP contribution in [0.15, 0.2) is 59.0 Å². The number of fused-ring (bicyclic) bond motifs is 1. The molecule has 0 bridgehead atoms. The summed E-state index contributed by atoms with van der Waals surface area (Å²) in [6, 6.07) is 11.7. The van der Waals surface area contributed by atoms with Crippen LogP contribution in [0, 0.1) is 11.8 Å². The van der Waals surface area contributed by atoms with E-state index in [0.717, 1.165) is 48.5 Å². The van der Waals surface area contributed by atoms with Crippen LogP contribution in [0.4, 0.5) is 4.79 Å². The maximum atomic E-state index is 11.8. The summed E-state index contributed by atoms with van der Waals surface area (Å²) in [4.78, 5) is 20.8. The highest BCUT2D eigenvalue weighted by Gasteiger charge is 2.35. The molecule has 2 aromatic rings. The van der Waals surface area contributed by atoms with Gasteiger partial charge in [0.05, 0.1) is 22.8 Å². The Labute approximate surface area is 164 Å². The Kier molecular flexibility index (Phi) is 5.70. The zero-order valence-corrected chi connectivity index (χ0v) is 15.7. The van der Waals surface area contributed by atoms with Gasteiger partial charge in [-0.05, 0) is 49.9 Å². The van der Waals surface area contributed by atoms with Gasteiger partial charge < -0.3 is 10.6 Å². The lowest BCUT2D eigenvalue weighted by atomic mass is 9.76. The van der Waals surface area contributed by atoms with E-state index in [1.54, 1.807) is 12.4 Å². The molecule has 0 aliphatic carbocycles. The SMILES string of the molecule is O=C1NCCCC2C(c3ccccn3)=NN=C(c3ccccn3)C2CCCN1. The minimum Gasteiger partial charge on any atom is -0.338 e. The molecule has 2 aromatic heterocycles. The van der Waals surface area contributed by atoms with Gasteiger partial charge in [-0.2, -0.15) is 10.2 Å². The van der Waals surface area contributed by atoms with Gasteiger partial charge in [0.15, 0.2) is 0 Å². The summed E-state index contributed by atoms with van der Waals surface area (Å²) < 4.78 is 0. The fourth-order valence-corrected chi connectivity index (χ4v) is 3.93. The second-order valence-electron chi connectivity index (χ2n) is 7.08. The van der Waals surface area contributed by atoms with Crippen molar-refractivity contribution in [3.63, 3.8) is 0 Å². The number of rotatable bonds is 2. The highest BCUT2D eigenvalue weighted by Crippen LogP contribution is 2.33. The highest BCUT2D eigenvalue weighted by molar-refractivity contribution is 6.10. The number of carbonyl (C=O) groups is 1. The van der Waals surface area contributed by atoms with Crippen LogP contribution in [0.1, 0.15) is 37.1 Å². The van der Waals surface area contributed by atoms with Gasteiger partial charge in [0, 0.05) is 37.3 Å². The van der Waals surface area contributed by atoms with Crippen molar-refractivity contribution in [3.8, 4) is 0 Å². The van der Waals surface area contributed by atoms with Crippen molar-refractivity contribution in [2.45, 2.75) is 25.7 Å². The molecule has 144 valence electrons. The Morgan fingerprint density at radius 1 is 0.750 bits per heavy atom. The van der Waals surface area contributed by atoms with Crippen molar-refractivity contribution in [1.29, 1.82) is 0 Å². The predicted octanol–water partition coefficient (Wildman–Crippen LogP) is 2.79. The molecule has 2 aliphatic rings. The Balaban J connectivity index is 1.72. The normalized spacial score (nSPS) is 23.2. The van der Waals surface area contributed by atoms with Crippen molar-refractivity contribution in [2.75, 3.05) is 13.1 Å². The molecule has 28 heavy (non-hydrogen) atoms. The van der Waals surface area contributed by atoms with Crippen LogP contribution in [0.2, 0.25) is 0 Å². The van der Waals surface area contributed by atoms with Gasteiger partial charge in [0.1, 0.15) is 0 Å². The first kappa shape index (κ1) is 18.3. The van der Waals surface area contributed by atoms with E-state index in [1.165, 1.54) is 0 Å². The van der Waals surface area contributed by atoms with E-state index < -0.39 is 0 Å². The summed E-state index contributed by atoms with van der Waals surface area (Å²) in [5, 5.41) is 15.1. The third-order valence-electron chi connectivity index (χ3n) is 5.26. The van der Waals surface area contributed by atoms with Crippen molar-refractivity contribution < 1.29 is 4.79 Å². The van der Waals surface area contributed by atoms with Gasteiger partial charge in [-0.3, -0.25) is 9.97 Å². The zero-order valence-electron chi connectivity index (χ0n) is 15.7. The van der Waals surface area contributed by atoms with E-state index in [-0.39, 0.29) is 17.9 Å². The number of hydrogen-bond acceptors (Lipinski definition) is 5. The number of nitrogens with zero attached hydrogens (tertiary/aromatic N) is 4. The van der Waals surface area contributed by atoms with Crippen molar-refractivity contribution >= 4 is 17.5 Å². The number of carbonyl (C=O) groups excluding carboxylic acids is 1. The maximum absolute atomic E-state index is 11.8. The highest BCUT2D eigenvalue weighted by atomic mass is 16.2. The number of nitrogens with one attached hydrogen (secondary N) is 2. The van der Waals surface area contributed by atoms with E-state index in [0.29, 0.717) is 13.1 Å². The van der Waals surface area contributed by atoms with Crippen molar-refractivity contribution in [1.82, 2.24) is 20.6 Å². The van der Waals surface area contributed by atoms with E-state index in [9.17, 15) is 4.79 Å². The quantitative estimate of drug-likeness (QED) is 0.844. The van der Waals surface area contributed by atoms with Gasteiger partial charge >= 0.3 is 6.03 Å². The largest absolute Gasteiger partial charge is 0.338 e. The lowest BCUT2D eigenvalue weighted by Crippen LogP contribution is -2.36. The smallest absolute Gasteiger partial charge is 0.314 e. The molecule has 4 heterocycles. The van der Waals surface area contributed by atoms with Gasteiger partial charge in [-0.15, -0.1) is 0 Å². The average molecular weight is 376 g/mol. The minimum atomic E-state index is -0.0953. The second-order valence-corrected chi connectivity index (χ2v) is 7.08. The fraction of sp³-hybridized carbons (Fsp3) is 0.381. The molecular weight excluding hydrogens is 352 g/mol. The van der Waals surface area contributed by atoms with Gasteiger partial charge in [-0.1, -0.05) is 12.1 Å². The number of urea groups is 1. The van der Waals surface area contributed by atoms with Crippen molar-refractivity contribution in [2.24, 2.45) is 22.0 Å². The minimum absolute atomic E-state index is 0.0953. The molecule has 4 rings (SSSR count). The fourth-order valence-electron chi connectivity index (χ4n) is 3.93. The molecular formula is C21H24N6O. The summed E-state index contributed by atoms with van der Waals surface area (Å²) in [6.07, 6.45) is 7.14. The maximum Gasteiger partial charge on any atom is 0.314 e. The van der Waals surface area contributed by atoms with Crippen LogP contribution in [0.3, 0.4) is 0 Å². The molecule has 0 spiro atoms. The van der Waals surface area contributed by atoms with E-state index in [2.05, 4.69) is 30.8 Å². The first-order chi connectivity index (χ1) is 13.8. The summed E-state index contributed by atoms with van der Waals surface area (Å²) in [5.41, 5.74) is 3.62. The predicted molar refractivity (Wildman–Crippen MR) is 108 cm³/mol. The lowest BCUT2D eigenvalue weighted by molar-refractivity contribution is 0.240. The van der Waals surface area contributed by atoms with Crippen LogP contribution in [0.25, 0.3) is 0 Å². The number of amides is 2. The van der Waals surface area contributed by atoms with Gasteiger partial charge in [0.25, 0.3) is 0 Å². The van der Waals surface area contributed by atoms with E-state index in [4.69, 9.17) is 0 Å². The molecule has 7 heteroatoms. The molecule has 2 aliphatic heterocycles. The van der Waals surface area contributed by atoms with Gasteiger partial charge in [-0.25, -0.2) is 4.79 Å². The van der Waals surface area contributed by atoms with Crippen molar-refractivity contribution in [3.05, 3.63) is 60.2 Å². The topological polar surface area (TPSA) is 91.6 Å². The van der Waals surface area contributed by atoms with E-state index >= 15 is 0 Å². The molecule has 2 atom stereocenters. The third kappa shape index (κ3) is 4.08. The summed E-state index contributed by atoms with van der Waals surface area (Å²) in [6.45, 7) is 1.28. The summed E-state index contributed by atoms with van der Waals surface area (Å²) >= 11 is 0. The molecule has 2 unspecified atom stereocenters. The number of hydrogen-bond donors (Lipinski definition) is 2.